The van der Waals surface area contributed by atoms with Crippen LogP contribution in [0.15, 0.2) is 77.7 Å². The Balaban J connectivity index is 1.80. The quantitative estimate of drug-likeness (QED) is 0.355. The number of hydrogen-bond donors (Lipinski definition) is 1. The Morgan fingerprint density at radius 3 is 2.15 bits per heavy atom. The van der Waals surface area contributed by atoms with Gasteiger partial charge in [0, 0.05) is 29.6 Å². The molecule has 3 aromatic carbocycles. The van der Waals surface area contributed by atoms with Crippen molar-refractivity contribution in [3.63, 3.8) is 0 Å². The van der Waals surface area contributed by atoms with Crippen LogP contribution in [0.3, 0.4) is 0 Å². The number of sulfonamides is 1. The first-order chi connectivity index (χ1) is 15.7. The second-order valence-electron chi connectivity index (χ2n) is 7.75. The van der Waals surface area contributed by atoms with E-state index in [-0.39, 0.29) is 17.9 Å². The van der Waals surface area contributed by atoms with Crippen molar-refractivity contribution in [2.45, 2.75) is 37.1 Å². The van der Waals surface area contributed by atoms with Crippen molar-refractivity contribution in [2.75, 3.05) is 6.54 Å². The van der Waals surface area contributed by atoms with Gasteiger partial charge in [0.15, 0.2) is 0 Å². The van der Waals surface area contributed by atoms with E-state index in [9.17, 15) is 13.2 Å². The van der Waals surface area contributed by atoms with E-state index in [1.54, 1.807) is 36.4 Å². The lowest BCUT2D eigenvalue weighted by molar-refractivity contribution is -0.136. The molecule has 5 nitrogen and oxygen atoms in total. The molecule has 0 saturated carbocycles. The van der Waals surface area contributed by atoms with Crippen molar-refractivity contribution < 1.29 is 18.3 Å². The molecule has 0 heterocycles. The highest BCUT2D eigenvalue weighted by molar-refractivity contribution is 7.89. The molecule has 3 rings (SSSR count). The van der Waals surface area contributed by atoms with E-state index in [0.717, 1.165) is 16.7 Å². The Morgan fingerprint density at radius 2 is 1.48 bits per heavy atom. The number of hydrogen-bond acceptors (Lipinski definition) is 3. The van der Waals surface area contributed by atoms with Crippen LogP contribution in [0.25, 0.3) is 0 Å². The van der Waals surface area contributed by atoms with Gasteiger partial charge in [-0.2, -0.15) is 4.31 Å². The molecule has 0 aliphatic rings. The largest absolute Gasteiger partial charge is 0.481 e. The molecule has 0 atom stereocenters. The zero-order valence-corrected chi connectivity index (χ0v) is 20.3. The fourth-order valence-electron chi connectivity index (χ4n) is 3.58. The topological polar surface area (TPSA) is 74.7 Å². The Morgan fingerprint density at radius 1 is 0.818 bits per heavy atom. The van der Waals surface area contributed by atoms with Gasteiger partial charge in [-0.05, 0) is 66.3 Å². The first-order valence-corrected chi connectivity index (χ1v) is 12.7. The van der Waals surface area contributed by atoms with Crippen molar-refractivity contribution in [1.29, 1.82) is 0 Å². The molecule has 0 unspecified atom stereocenters. The molecule has 0 aliphatic heterocycles. The molecule has 0 bridgehead atoms. The van der Waals surface area contributed by atoms with Crippen LogP contribution in [-0.2, 0) is 34.2 Å². The van der Waals surface area contributed by atoms with Crippen LogP contribution >= 0.6 is 23.2 Å². The van der Waals surface area contributed by atoms with Crippen molar-refractivity contribution >= 4 is 39.2 Å². The molecule has 174 valence electrons. The third-order valence-electron chi connectivity index (χ3n) is 5.15. The van der Waals surface area contributed by atoms with Crippen molar-refractivity contribution in [3.8, 4) is 0 Å². The van der Waals surface area contributed by atoms with Crippen molar-refractivity contribution in [1.82, 2.24) is 4.31 Å². The average molecular weight is 506 g/mol. The van der Waals surface area contributed by atoms with Crippen LogP contribution in [0.2, 0.25) is 10.0 Å². The van der Waals surface area contributed by atoms with E-state index >= 15 is 0 Å². The van der Waals surface area contributed by atoms with Crippen molar-refractivity contribution in [3.05, 3.63) is 99.5 Å². The van der Waals surface area contributed by atoms with Crippen LogP contribution in [0.5, 0.6) is 0 Å². The Bertz CT molecular complexity index is 1180. The molecule has 0 spiro atoms. The summed E-state index contributed by atoms with van der Waals surface area (Å²) in [7, 11) is -3.72. The monoisotopic (exact) mass is 505 g/mol. The first kappa shape index (κ1) is 25.2. The minimum absolute atomic E-state index is 0.0255. The van der Waals surface area contributed by atoms with Gasteiger partial charge in [0.2, 0.25) is 10.0 Å². The molecule has 0 aromatic heterocycles. The van der Waals surface area contributed by atoms with Gasteiger partial charge in [-0.3, -0.25) is 4.79 Å². The van der Waals surface area contributed by atoms with Crippen LogP contribution in [0.1, 0.15) is 29.5 Å². The number of carboxylic acids is 1. The molecule has 0 aliphatic carbocycles. The molecular weight excluding hydrogens is 481 g/mol. The second kappa shape index (κ2) is 11.7. The van der Waals surface area contributed by atoms with E-state index in [1.807, 2.05) is 36.4 Å². The van der Waals surface area contributed by atoms with Gasteiger partial charge in [-0.1, -0.05) is 65.7 Å². The highest BCUT2D eigenvalue weighted by Gasteiger charge is 2.24. The predicted octanol–water partition coefficient (Wildman–Crippen LogP) is 5.83. The fraction of sp³-hybridized carbons (Fsp3) is 0.240. The molecule has 0 saturated heterocycles. The van der Waals surface area contributed by atoms with Gasteiger partial charge in [-0.25, -0.2) is 8.42 Å². The number of benzene rings is 3. The summed E-state index contributed by atoms with van der Waals surface area (Å²) in [6, 6.07) is 21.1. The summed E-state index contributed by atoms with van der Waals surface area (Å²) < 4.78 is 28.2. The zero-order chi connectivity index (χ0) is 23.8. The third kappa shape index (κ3) is 7.57. The molecule has 0 radical (unpaired) electrons. The minimum Gasteiger partial charge on any atom is -0.481 e. The van der Waals surface area contributed by atoms with Gasteiger partial charge < -0.3 is 5.11 Å². The van der Waals surface area contributed by atoms with Gasteiger partial charge >= 0.3 is 5.97 Å². The third-order valence-corrected chi connectivity index (χ3v) is 7.45. The highest BCUT2D eigenvalue weighted by atomic mass is 35.5. The number of halogens is 2. The standard InChI is InChI=1S/C25H25Cl2NO4S/c26-22-15-20(16-23(27)17-22)8-5-13-28(33(31,32)24-9-2-1-3-10-24)18-21-7-4-6-19(14-21)11-12-25(29)30/h1-4,6-7,9-10,14-17H,5,8,11-13,18H2,(H,29,30). The highest BCUT2D eigenvalue weighted by Crippen LogP contribution is 2.22. The average Bonchev–Trinajstić information content (AvgIpc) is 2.77. The summed E-state index contributed by atoms with van der Waals surface area (Å²) in [6.45, 7) is 0.495. The second-order valence-corrected chi connectivity index (χ2v) is 10.6. The van der Waals surface area contributed by atoms with Gasteiger partial charge in [0.05, 0.1) is 4.90 Å². The smallest absolute Gasteiger partial charge is 0.303 e. The molecule has 0 fully saturated rings. The Labute approximate surface area is 204 Å². The predicted molar refractivity (Wildman–Crippen MR) is 131 cm³/mol. The normalized spacial score (nSPS) is 11.6. The number of aryl methyl sites for hydroxylation is 2. The molecular formula is C25H25Cl2NO4S. The lowest BCUT2D eigenvalue weighted by Crippen LogP contribution is -2.32. The number of nitrogens with zero attached hydrogens (tertiary/aromatic N) is 1. The molecule has 3 aromatic rings. The first-order valence-electron chi connectivity index (χ1n) is 10.5. The number of rotatable bonds is 11. The van der Waals surface area contributed by atoms with Gasteiger partial charge in [-0.15, -0.1) is 0 Å². The molecule has 0 amide bonds. The minimum atomic E-state index is -3.72. The number of carbonyl (C=O) groups is 1. The summed E-state index contributed by atoms with van der Waals surface area (Å²) in [5.41, 5.74) is 2.61. The summed E-state index contributed by atoms with van der Waals surface area (Å²) in [5.74, 6) is -0.866. The van der Waals surface area contributed by atoms with E-state index in [2.05, 4.69) is 0 Å². The maximum Gasteiger partial charge on any atom is 0.303 e. The maximum absolute atomic E-state index is 13.4. The molecule has 1 N–H and O–H groups in total. The van der Waals surface area contributed by atoms with E-state index in [1.165, 1.54) is 4.31 Å². The maximum atomic E-state index is 13.4. The van der Waals surface area contributed by atoms with Crippen LogP contribution in [0, 0.1) is 0 Å². The van der Waals surface area contributed by atoms with E-state index < -0.39 is 16.0 Å². The number of aliphatic carboxylic acids is 1. The lowest BCUT2D eigenvalue weighted by Gasteiger charge is -2.23. The van der Waals surface area contributed by atoms with Crippen LogP contribution < -0.4 is 0 Å². The zero-order valence-electron chi connectivity index (χ0n) is 18.0. The van der Waals surface area contributed by atoms with Gasteiger partial charge in [0.1, 0.15) is 0 Å². The lowest BCUT2D eigenvalue weighted by atomic mass is 10.1. The molecule has 8 heteroatoms. The van der Waals surface area contributed by atoms with E-state index in [4.69, 9.17) is 28.3 Å². The van der Waals surface area contributed by atoms with Gasteiger partial charge in [0.25, 0.3) is 0 Å². The van der Waals surface area contributed by atoms with Crippen LogP contribution in [-0.4, -0.2) is 30.3 Å². The molecule has 33 heavy (non-hydrogen) atoms. The summed E-state index contributed by atoms with van der Waals surface area (Å²) in [5, 5.41) is 10.0. The SMILES string of the molecule is O=C(O)CCc1cccc(CN(CCCc2cc(Cl)cc(Cl)c2)S(=O)(=O)c2ccccc2)c1. The fourth-order valence-corrected chi connectivity index (χ4v) is 5.64. The van der Waals surface area contributed by atoms with Crippen molar-refractivity contribution in [2.24, 2.45) is 0 Å². The Hall–Kier alpha value is -2.38. The van der Waals surface area contributed by atoms with E-state index in [0.29, 0.717) is 35.9 Å². The summed E-state index contributed by atoms with van der Waals surface area (Å²) >= 11 is 12.2. The number of carboxylic acid groups (broad SMARTS) is 1. The Kier molecular flexibility index (Phi) is 8.92. The van der Waals surface area contributed by atoms with Crippen LogP contribution in [0.4, 0.5) is 0 Å². The summed E-state index contributed by atoms with van der Waals surface area (Å²) in [4.78, 5) is 11.1. The summed E-state index contributed by atoms with van der Waals surface area (Å²) in [6.07, 6.45) is 1.63.